The molecule has 1 unspecified atom stereocenters. The highest BCUT2D eigenvalue weighted by Gasteiger charge is 2.23. The number of hydrogen-bond acceptors (Lipinski definition) is 9. The van der Waals surface area contributed by atoms with Crippen LogP contribution in [0.2, 0.25) is 0 Å². The van der Waals surface area contributed by atoms with Crippen LogP contribution in [0.5, 0.6) is 0 Å². The Bertz CT molecular complexity index is 666. The lowest BCUT2D eigenvalue weighted by molar-refractivity contribution is 0.114. The van der Waals surface area contributed by atoms with Gasteiger partial charge in [-0.25, -0.2) is 0 Å². The van der Waals surface area contributed by atoms with E-state index >= 15 is 0 Å². The summed E-state index contributed by atoms with van der Waals surface area (Å²) >= 11 is 0. The van der Waals surface area contributed by atoms with Crippen molar-refractivity contribution in [3.05, 3.63) is 0 Å². The first-order chi connectivity index (χ1) is 11.5. The number of rotatable bonds is 15. The maximum atomic E-state index is 11.8. The van der Waals surface area contributed by atoms with Crippen molar-refractivity contribution < 1.29 is 37.8 Å². The summed E-state index contributed by atoms with van der Waals surface area (Å²) in [6, 6.07) is 0. The van der Waals surface area contributed by atoms with Crippen molar-refractivity contribution in [2.45, 2.75) is 52.6 Å². The van der Waals surface area contributed by atoms with E-state index in [9.17, 15) is 25.3 Å². The zero-order valence-corrected chi connectivity index (χ0v) is 17.3. The summed E-state index contributed by atoms with van der Waals surface area (Å²) in [4.78, 5) is 0. The first kappa shape index (κ1) is 24.7. The molecule has 0 amide bonds. The Morgan fingerprint density at radius 2 is 1.12 bits per heavy atom. The van der Waals surface area contributed by atoms with Gasteiger partial charge in [0.2, 0.25) is 0 Å². The van der Waals surface area contributed by atoms with Gasteiger partial charge in [0.1, 0.15) is 6.10 Å². The average Bonchev–Trinajstić information content (AvgIpc) is 2.44. The summed E-state index contributed by atoms with van der Waals surface area (Å²) in [6.45, 7) is 4.14. The Kier molecular flexibility index (Phi) is 11.3. The van der Waals surface area contributed by atoms with Gasteiger partial charge < -0.3 is 0 Å². The predicted molar refractivity (Wildman–Crippen MR) is 93.6 cm³/mol. The molecule has 0 spiro atoms. The van der Waals surface area contributed by atoms with Crippen LogP contribution in [0.15, 0.2) is 0 Å². The van der Waals surface area contributed by atoms with Gasteiger partial charge in [-0.2, -0.15) is 25.3 Å². The third kappa shape index (κ3) is 12.7. The minimum Gasteiger partial charge on any atom is -0.270 e. The van der Waals surface area contributed by atoms with Crippen LogP contribution < -0.4 is 0 Å². The van der Waals surface area contributed by atoms with E-state index in [2.05, 4.69) is 0 Å². The van der Waals surface area contributed by atoms with E-state index in [0.717, 1.165) is 0 Å². The molecule has 0 saturated carbocycles. The van der Waals surface area contributed by atoms with E-state index in [1.54, 1.807) is 20.8 Å². The Labute approximate surface area is 151 Å². The smallest absolute Gasteiger partial charge is 0.267 e. The summed E-state index contributed by atoms with van der Waals surface area (Å²) in [5.74, 6) is -0.600. The fourth-order valence-corrected chi connectivity index (χ4v) is 4.88. The molecule has 0 aliphatic carbocycles. The quantitative estimate of drug-likeness (QED) is 0.353. The van der Waals surface area contributed by atoms with Gasteiger partial charge in [-0.15, -0.1) is 0 Å². The van der Waals surface area contributed by atoms with E-state index in [-0.39, 0.29) is 30.3 Å². The molecule has 0 aromatic carbocycles. The molecular weight excluding hydrogens is 396 g/mol. The van der Waals surface area contributed by atoms with Gasteiger partial charge in [-0.3, -0.25) is 12.5 Å². The normalized spacial score (nSPS) is 14.5. The molecule has 0 aliphatic rings. The average molecular weight is 425 g/mol. The van der Waals surface area contributed by atoms with E-state index in [4.69, 9.17) is 12.5 Å². The van der Waals surface area contributed by atoms with Crippen molar-refractivity contribution in [1.82, 2.24) is 0 Å². The molecule has 0 fully saturated rings. The Morgan fingerprint density at radius 3 is 1.60 bits per heavy atom. The predicted octanol–water partition coefficient (Wildman–Crippen LogP) is 1.01. The molecule has 0 saturated heterocycles. The van der Waals surface area contributed by atoms with Crippen LogP contribution in [-0.4, -0.2) is 61.8 Å². The van der Waals surface area contributed by atoms with Crippen LogP contribution in [0.25, 0.3) is 0 Å². The SMILES string of the molecule is CCCS(=O)(=O)OCCC(COS(=O)(=O)CCC)OS(=O)(=O)CCC. The van der Waals surface area contributed by atoms with Crippen LogP contribution in [-0.2, 0) is 42.9 Å². The van der Waals surface area contributed by atoms with Gasteiger partial charge >= 0.3 is 0 Å². The summed E-state index contributed by atoms with van der Waals surface area (Å²) in [5.41, 5.74) is 0. The third-order valence-corrected chi connectivity index (χ3v) is 7.09. The maximum absolute atomic E-state index is 11.8. The molecule has 0 aromatic rings. The summed E-state index contributed by atoms with van der Waals surface area (Å²) in [6.07, 6.45) is -0.245. The Balaban J connectivity index is 4.84. The lowest BCUT2D eigenvalue weighted by atomic mass is 10.3. The maximum Gasteiger partial charge on any atom is 0.267 e. The van der Waals surface area contributed by atoms with Gasteiger partial charge in [0.25, 0.3) is 30.4 Å². The van der Waals surface area contributed by atoms with Gasteiger partial charge in [0, 0.05) is 6.42 Å². The summed E-state index contributed by atoms with van der Waals surface area (Å²) < 4.78 is 84.1. The molecule has 0 N–H and O–H groups in total. The van der Waals surface area contributed by atoms with Crippen LogP contribution in [0, 0.1) is 0 Å². The molecule has 0 bridgehead atoms. The molecule has 25 heavy (non-hydrogen) atoms. The van der Waals surface area contributed by atoms with Crippen LogP contribution in [0.3, 0.4) is 0 Å². The van der Waals surface area contributed by atoms with Crippen molar-refractivity contribution in [3.8, 4) is 0 Å². The van der Waals surface area contributed by atoms with Crippen LogP contribution in [0.1, 0.15) is 46.5 Å². The highest BCUT2D eigenvalue weighted by Crippen LogP contribution is 2.11. The standard InChI is InChI=1S/C13H28O9S3/c1-4-9-23(14,15)20-8-7-13(22-25(18,19)11-6-3)12-21-24(16,17)10-5-2/h13H,4-12H2,1-3H3. The molecular formula is C13H28O9S3. The van der Waals surface area contributed by atoms with E-state index in [1.807, 2.05) is 0 Å². The minimum absolute atomic E-state index is 0.145. The first-order valence-electron chi connectivity index (χ1n) is 8.12. The lowest BCUT2D eigenvalue weighted by Gasteiger charge is -2.17. The van der Waals surface area contributed by atoms with Crippen LogP contribution >= 0.6 is 0 Å². The van der Waals surface area contributed by atoms with Crippen LogP contribution in [0.4, 0.5) is 0 Å². The molecule has 0 aliphatic heterocycles. The van der Waals surface area contributed by atoms with Gasteiger partial charge in [-0.05, 0) is 19.3 Å². The second kappa shape index (κ2) is 11.4. The monoisotopic (exact) mass is 424 g/mol. The van der Waals surface area contributed by atoms with Gasteiger partial charge in [-0.1, -0.05) is 20.8 Å². The molecule has 0 heterocycles. The highest BCUT2D eigenvalue weighted by molar-refractivity contribution is 7.87. The molecule has 12 heteroatoms. The molecule has 9 nitrogen and oxygen atoms in total. The van der Waals surface area contributed by atoms with Crippen molar-refractivity contribution in [2.24, 2.45) is 0 Å². The number of hydrogen-bond donors (Lipinski definition) is 0. The first-order valence-corrected chi connectivity index (χ1v) is 12.8. The zero-order chi connectivity index (χ0) is 19.6. The molecule has 1 atom stereocenters. The largest absolute Gasteiger partial charge is 0.270 e. The summed E-state index contributed by atoms with van der Waals surface area (Å²) in [5, 5.41) is 0. The molecule has 0 aromatic heterocycles. The van der Waals surface area contributed by atoms with E-state index < -0.39 is 43.1 Å². The van der Waals surface area contributed by atoms with Crippen molar-refractivity contribution in [3.63, 3.8) is 0 Å². The van der Waals surface area contributed by atoms with Gasteiger partial charge in [0.15, 0.2) is 0 Å². The fraction of sp³-hybridized carbons (Fsp3) is 1.00. The van der Waals surface area contributed by atoms with E-state index in [1.165, 1.54) is 0 Å². The Morgan fingerprint density at radius 1 is 0.680 bits per heavy atom. The summed E-state index contributed by atoms with van der Waals surface area (Å²) in [7, 11) is -11.4. The Hall–Kier alpha value is -0.270. The second-order valence-electron chi connectivity index (χ2n) is 5.40. The van der Waals surface area contributed by atoms with Crippen molar-refractivity contribution in [1.29, 1.82) is 0 Å². The molecule has 0 radical (unpaired) electrons. The topological polar surface area (TPSA) is 130 Å². The highest BCUT2D eigenvalue weighted by atomic mass is 32.2. The molecule has 0 rings (SSSR count). The third-order valence-electron chi connectivity index (χ3n) is 2.78. The molecule has 152 valence electrons. The van der Waals surface area contributed by atoms with Crippen molar-refractivity contribution >= 4 is 30.4 Å². The zero-order valence-electron chi connectivity index (χ0n) is 14.8. The fourth-order valence-electron chi connectivity index (χ4n) is 1.77. The minimum atomic E-state index is -3.87. The lowest BCUT2D eigenvalue weighted by Crippen LogP contribution is -2.29. The van der Waals surface area contributed by atoms with E-state index in [0.29, 0.717) is 19.3 Å². The van der Waals surface area contributed by atoms with Crippen molar-refractivity contribution in [2.75, 3.05) is 30.5 Å². The van der Waals surface area contributed by atoms with Gasteiger partial charge in [0.05, 0.1) is 30.5 Å². The second-order valence-corrected chi connectivity index (χ2v) is 10.6.